The second-order valence-corrected chi connectivity index (χ2v) is 7.41. The summed E-state index contributed by atoms with van der Waals surface area (Å²) in [4.78, 5) is 12.3. The van der Waals surface area contributed by atoms with Crippen LogP contribution in [0.25, 0.3) is 0 Å². The number of ketones is 1. The quantitative estimate of drug-likeness (QED) is 0.719. The van der Waals surface area contributed by atoms with E-state index in [-0.39, 0.29) is 5.92 Å². The van der Waals surface area contributed by atoms with E-state index in [0.717, 1.165) is 22.2 Å². The van der Waals surface area contributed by atoms with Gasteiger partial charge < -0.3 is 0 Å². The van der Waals surface area contributed by atoms with Gasteiger partial charge in [0.05, 0.1) is 3.79 Å². The fourth-order valence-electron chi connectivity index (χ4n) is 2.84. The van der Waals surface area contributed by atoms with Crippen LogP contribution < -0.4 is 0 Å². The molecule has 0 spiro atoms. The van der Waals surface area contributed by atoms with Gasteiger partial charge in [-0.2, -0.15) is 0 Å². The Labute approximate surface area is 109 Å². The Bertz CT molecular complexity index is 375. The van der Waals surface area contributed by atoms with E-state index in [2.05, 4.69) is 29.8 Å². The van der Waals surface area contributed by atoms with Crippen LogP contribution in [0.5, 0.6) is 0 Å². The van der Waals surface area contributed by atoms with Crippen molar-refractivity contribution in [3.63, 3.8) is 0 Å². The van der Waals surface area contributed by atoms with Gasteiger partial charge in [0.2, 0.25) is 0 Å². The molecule has 1 fully saturated rings. The summed E-state index contributed by atoms with van der Waals surface area (Å²) in [5.41, 5.74) is 0.892. The van der Waals surface area contributed by atoms with Gasteiger partial charge in [0, 0.05) is 16.9 Å². The lowest BCUT2D eigenvalue weighted by molar-refractivity contribution is 0.0836. The first-order valence-corrected chi connectivity index (χ1v) is 7.51. The van der Waals surface area contributed by atoms with Crippen LogP contribution in [0.2, 0.25) is 0 Å². The van der Waals surface area contributed by atoms with Crippen molar-refractivity contribution in [3.05, 3.63) is 20.8 Å². The van der Waals surface area contributed by atoms with Crippen molar-refractivity contribution in [2.45, 2.75) is 33.1 Å². The third kappa shape index (κ3) is 2.75. The maximum Gasteiger partial charge on any atom is 0.166 e. The molecule has 16 heavy (non-hydrogen) atoms. The first kappa shape index (κ1) is 12.3. The molecule has 1 aromatic rings. The summed E-state index contributed by atoms with van der Waals surface area (Å²) in [6.45, 7) is 4.53. The Morgan fingerprint density at radius 1 is 1.31 bits per heavy atom. The molecule has 0 N–H and O–H groups in total. The number of rotatable bonds is 2. The highest BCUT2D eigenvalue weighted by atomic mass is 79.9. The first-order valence-electron chi connectivity index (χ1n) is 5.84. The zero-order chi connectivity index (χ0) is 11.7. The van der Waals surface area contributed by atoms with E-state index in [4.69, 9.17) is 0 Å². The molecule has 0 aliphatic heterocycles. The third-order valence-electron chi connectivity index (χ3n) is 3.40. The smallest absolute Gasteiger partial charge is 0.166 e. The Morgan fingerprint density at radius 3 is 2.44 bits per heavy atom. The van der Waals surface area contributed by atoms with E-state index in [9.17, 15) is 4.79 Å². The number of carbonyl (C=O) groups excluding carboxylic acids is 1. The maximum atomic E-state index is 12.3. The van der Waals surface area contributed by atoms with E-state index in [1.54, 1.807) is 11.3 Å². The monoisotopic (exact) mass is 300 g/mol. The van der Waals surface area contributed by atoms with Gasteiger partial charge in [-0.05, 0) is 53.1 Å². The van der Waals surface area contributed by atoms with Crippen LogP contribution in [0.1, 0.15) is 43.5 Å². The zero-order valence-electron chi connectivity index (χ0n) is 9.70. The number of hydrogen-bond donors (Lipinski definition) is 0. The zero-order valence-corrected chi connectivity index (χ0v) is 12.1. The van der Waals surface area contributed by atoms with E-state index < -0.39 is 0 Å². The summed E-state index contributed by atoms with van der Waals surface area (Å²) in [6.07, 6.45) is 3.41. The average Bonchev–Trinajstić information content (AvgIpc) is 2.62. The van der Waals surface area contributed by atoms with Gasteiger partial charge in [0.25, 0.3) is 0 Å². The molecule has 1 aliphatic rings. The number of Topliss-reactive ketones (excluding diaryl/α,β-unsaturated/α-hetero) is 1. The Kier molecular flexibility index (Phi) is 3.85. The molecule has 0 aromatic carbocycles. The highest BCUT2D eigenvalue weighted by Crippen LogP contribution is 2.35. The Hall–Kier alpha value is -0.150. The summed E-state index contributed by atoms with van der Waals surface area (Å²) in [5, 5.41) is 1.97. The van der Waals surface area contributed by atoms with Crippen molar-refractivity contribution in [2.75, 3.05) is 0 Å². The van der Waals surface area contributed by atoms with Crippen LogP contribution in [-0.4, -0.2) is 5.78 Å². The van der Waals surface area contributed by atoms with Gasteiger partial charge in [0.1, 0.15) is 0 Å². The summed E-state index contributed by atoms with van der Waals surface area (Å²) < 4.78 is 1.05. The van der Waals surface area contributed by atoms with Crippen molar-refractivity contribution in [3.8, 4) is 0 Å². The van der Waals surface area contributed by atoms with Crippen molar-refractivity contribution in [1.29, 1.82) is 0 Å². The number of halogens is 1. The lowest BCUT2D eigenvalue weighted by atomic mass is 9.74. The molecule has 1 heterocycles. The minimum Gasteiger partial charge on any atom is -0.294 e. The molecule has 1 saturated carbocycles. The molecular weight excluding hydrogens is 284 g/mol. The highest BCUT2D eigenvalue weighted by molar-refractivity contribution is 9.11. The molecule has 3 heteroatoms. The van der Waals surface area contributed by atoms with Crippen LogP contribution in [-0.2, 0) is 0 Å². The Balaban J connectivity index is 2.09. The second kappa shape index (κ2) is 5.01. The van der Waals surface area contributed by atoms with Gasteiger partial charge in [-0.3, -0.25) is 4.79 Å². The molecule has 1 nitrogen and oxygen atoms in total. The summed E-state index contributed by atoms with van der Waals surface area (Å²) in [7, 11) is 0. The van der Waals surface area contributed by atoms with Gasteiger partial charge >= 0.3 is 0 Å². The largest absolute Gasteiger partial charge is 0.294 e. The third-order valence-corrected chi connectivity index (χ3v) is 4.91. The fourth-order valence-corrected chi connectivity index (χ4v) is 3.98. The minimum atomic E-state index is 0.250. The van der Waals surface area contributed by atoms with Crippen molar-refractivity contribution >= 4 is 33.0 Å². The van der Waals surface area contributed by atoms with Gasteiger partial charge in [0.15, 0.2) is 5.78 Å². The lowest BCUT2D eigenvalue weighted by Crippen LogP contribution is -2.25. The van der Waals surface area contributed by atoms with E-state index >= 15 is 0 Å². The molecule has 0 radical (unpaired) electrons. The van der Waals surface area contributed by atoms with Crippen molar-refractivity contribution < 1.29 is 4.79 Å². The van der Waals surface area contributed by atoms with Gasteiger partial charge in [-0.1, -0.05) is 13.8 Å². The van der Waals surface area contributed by atoms with E-state index in [1.807, 2.05) is 11.4 Å². The van der Waals surface area contributed by atoms with Gasteiger partial charge in [-0.15, -0.1) is 11.3 Å². The topological polar surface area (TPSA) is 17.1 Å². The molecular formula is C13H17BrOS. The standard InChI is InChI=1S/C13H17BrOS/c1-8-3-9(2)5-10(4-8)13(15)11-6-12(14)16-7-11/h6-10H,3-5H2,1-2H3. The molecule has 0 bridgehead atoms. The summed E-state index contributed by atoms with van der Waals surface area (Å²) in [5.74, 6) is 1.99. The summed E-state index contributed by atoms with van der Waals surface area (Å²) in [6, 6.07) is 1.96. The molecule has 2 atom stereocenters. The average molecular weight is 301 g/mol. The fraction of sp³-hybridized carbons (Fsp3) is 0.615. The van der Waals surface area contributed by atoms with E-state index in [0.29, 0.717) is 17.6 Å². The maximum absolute atomic E-state index is 12.3. The molecule has 1 aliphatic carbocycles. The minimum absolute atomic E-state index is 0.250. The normalized spacial score (nSPS) is 30.3. The number of carbonyl (C=O) groups is 1. The van der Waals surface area contributed by atoms with Crippen molar-refractivity contribution in [2.24, 2.45) is 17.8 Å². The molecule has 0 saturated heterocycles. The van der Waals surface area contributed by atoms with Crippen LogP contribution in [0.3, 0.4) is 0 Å². The Morgan fingerprint density at radius 2 is 1.94 bits per heavy atom. The summed E-state index contributed by atoms with van der Waals surface area (Å²) >= 11 is 5.01. The van der Waals surface area contributed by atoms with Crippen LogP contribution in [0, 0.1) is 17.8 Å². The SMILES string of the molecule is CC1CC(C)CC(C(=O)c2csc(Br)c2)C1. The molecule has 2 unspecified atom stereocenters. The van der Waals surface area contributed by atoms with Crippen LogP contribution in [0.4, 0.5) is 0 Å². The lowest BCUT2D eigenvalue weighted by Gasteiger charge is -2.30. The molecule has 0 amide bonds. The molecule has 2 rings (SSSR count). The van der Waals surface area contributed by atoms with Crippen molar-refractivity contribution in [1.82, 2.24) is 0 Å². The predicted octanol–water partition coefficient (Wildman–Crippen LogP) is 4.77. The van der Waals surface area contributed by atoms with Gasteiger partial charge in [-0.25, -0.2) is 0 Å². The number of hydrogen-bond acceptors (Lipinski definition) is 2. The first-order chi connectivity index (χ1) is 7.56. The van der Waals surface area contributed by atoms with E-state index in [1.165, 1.54) is 6.42 Å². The van der Waals surface area contributed by atoms with Crippen LogP contribution in [0.15, 0.2) is 15.2 Å². The molecule has 1 aromatic heterocycles. The van der Waals surface area contributed by atoms with Crippen LogP contribution >= 0.6 is 27.3 Å². The highest BCUT2D eigenvalue weighted by Gasteiger charge is 2.29. The second-order valence-electron chi connectivity index (χ2n) is 5.12. The number of thiophene rings is 1. The molecule has 88 valence electrons. The predicted molar refractivity (Wildman–Crippen MR) is 72.0 cm³/mol.